The second kappa shape index (κ2) is 6.72. The Morgan fingerprint density at radius 2 is 2.20 bits per heavy atom. The Morgan fingerprint density at radius 3 is 2.80 bits per heavy atom. The maximum absolute atomic E-state index is 14.6. The van der Waals surface area contributed by atoms with Gasteiger partial charge in [0.2, 0.25) is 0 Å². The zero-order valence-corrected chi connectivity index (χ0v) is 13.5. The number of halogens is 1. The smallest absolute Gasteiger partial charge is 0.250 e. The van der Waals surface area contributed by atoms with E-state index in [1.54, 1.807) is 24.4 Å². The molecule has 1 aliphatic carbocycles. The van der Waals surface area contributed by atoms with E-state index in [-0.39, 0.29) is 34.7 Å². The summed E-state index contributed by atoms with van der Waals surface area (Å²) < 4.78 is 14.6. The fraction of sp³-hybridized carbons (Fsp3) is 0.167. The molecule has 1 amide bonds. The zero-order chi connectivity index (χ0) is 18.0. The number of hydrogen-bond acceptors (Lipinski definition) is 4. The number of nitrogens with two attached hydrogens (primary N) is 2. The van der Waals surface area contributed by atoms with Crippen molar-refractivity contribution in [3.63, 3.8) is 0 Å². The van der Waals surface area contributed by atoms with E-state index in [4.69, 9.17) is 11.5 Å². The summed E-state index contributed by atoms with van der Waals surface area (Å²) in [5.74, 6) is -1.14. The van der Waals surface area contributed by atoms with Crippen LogP contribution >= 0.6 is 0 Å². The van der Waals surface area contributed by atoms with Crippen LogP contribution in [0.25, 0.3) is 5.57 Å². The van der Waals surface area contributed by atoms with Crippen molar-refractivity contribution in [3.8, 4) is 0 Å². The monoisotopic (exact) mass is 339 g/mol. The lowest BCUT2D eigenvalue weighted by atomic mass is 10.1. The van der Waals surface area contributed by atoms with Gasteiger partial charge in [-0.15, -0.1) is 0 Å². The third-order valence-electron chi connectivity index (χ3n) is 3.90. The Hall–Kier alpha value is -3.22. The molecule has 2 aliphatic rings. The molecule has 1 aromatic rings. The predicted molar refractivity (Wildman–Crippen MR) is 95.6 cm³/mol. The second-order valence-corrected chi connectivity index (χ2v) is 5.76. The number of nitrogen functional groups attached to an aromatic ring is 1. The Morgan fingerprint density at radius 1 is 1.44 bits per heavy atom. The Kier molecular flexibility index (Phi) is 4.47. The van der Waals surface area contributed by atoms with Gasteiger partial charge in [-0.3, -0.25) is 4.79 Å². The van der Waals surface area contributed by atoms with Crippen LogP contribution in [-0.4, -0.2) is 16.7 Å². The highest BCUT2D eigenvalue weighted by atomic mass is 19.1. The number of aliphatic imine (C=N–C) groups is 1. The molecule has 3 rings (SSSR count). The van der Waals surface area contributed by atoms with Crippen molar-refractivity contribution in [1.29, 1.82) is 0 Å². The number of amidine groups is 1. The lowest BCUT2D eigenvalue weighted by molar-refractivity contribution is -0.118. The van der Waals surface area contributed by atoms with E-state index in [9.17, 15) is 9.18 Å². The first-order chi connectivity index (χ1) is 12.0. The summed E-state index contributed by atoms with van der Waals surface area (Å²) >= 11 is 0. The van der Waals surface area contributed by atoms with Crippen LogP contribution in [0.4, 0.5) is 10.2 Å². The standard InChI is InChI=1S/C18H18FN5O/c1-2-11(14-5-3-4-8-22-14)15-13(19)9-12(16(20)23-15)17(21)24-18(25)10-6-7-10/h2-5,8-10,22H,1,6-7H2,(H2,20,23)(H2,21,24,25)/b14-11+. The molecule has 1 saturated carbocycles. The second-order valence-electron chi connectivity index (χ2n) is 5.76. The maximum atomic E-state index is 14.6. The molecule has 1 aliphatic heterocycles. The molecule has 0 radical (unpaired) electrons. The molecule has 0 bridgehead atoms. The number of amides is 1. The van der Waals surface area contributed by atoms with E-state index in [1.165, 1.54) is 6.08 Å². The van der Waals surface area contributed by atoms with Crippen molar-refractivity contribution in [2.75, 3.05) is 5.73 Å². The molecule has 6 nitrogen and oxygen atoms in total. The fourth-order valence-corrected chi connectivity index (χ4v) is 2.39. The molecule has 25 heavy (non-hydrogen) atoms. The molecule has 1 aromatic heterocycles. The molecule has 7 heteroatoms. The molecule has 0 spiro atoms. The SMILES string of the molecule is C=C/C(=C1/C=CC=CN1)c1nc(N)c(C(N)=NC(=O)C2CC2)cc1F. The van der Waals surface area contributed by atoms with Gasteiger partial charge in [-0.2, -0.15) is 4.99 Å². The number of rotatable bonds is 4. The molecule has 0 aromatic carbocycles. The fourth-order valence-electron chi connectivity index (χ4n) is 2.39. The highest BCUT2D eigenvalue weighted by molar-refractivity contribution is 6.07. The van der Waals surface area contributed by atoms with E-state index >= 15 is 0 Å². The van der Waals surface area contributed by atoms with E-state index in [0.29, 0.717) is 11.3 Å². The highest BCUT2D eigenvalue weighted by Gasteiger charge is 2.30. The lowest BCUT2D eigenvalue weighted by Gasteiger charge is -2.13. The molecule has 1 fully saturated rings. The molecule has 0 saturated heterocycles. The van der Waals surface area contributed by atoms with Crippen LogP contribution in [0.2, 0.25) is 0 Å². The van der Waals surface area contributed by atoms with Crippen LogP contribution in [0.15, 0.2) is 53.8 Å². The van der Waals surface area contributed by atoms with Crippen LogP contribution in [-0.2, 0) is 4.79 Å². The van der Waals surface area contributed by atoms with Crippen LogP contribution in [0, 0.1) is 11.7 Å². The molecule has 0 atom stereocenters. The summed E-state index contributed by atoms with van der Waals surface area (Å²) in [6.07, 6.45) is 10.2. The lowest BCUT2D eigenvalue weighted by Crippen LogP contribution is -2.20. The van der Waals surface area contributed by atoms with Gasteiger partial charge in [0.15, 0.2) is 0 Å². The number of hydrogen-bond donors (Lipinski definition) is 3. The van der Waals surface area contributed by atoms with E-state index < -0.39 is 5.82 Å². The van der Waals surface area contributed by atoms with Gasteiger partial charge < -0.3 is 16.8 Å². The summed E-state index contributed by atoms with van der Waals surface area (Å²) in [6, 6.07) is 1.14. The van der Waals surface area contributed by atoms with Crippen LogP contribution in [0.3, 0.4) is 0 Å². The number of dihydropyridines is 1. The average Bonchev–Trinajstić information content (AvgIpc) is 3.44. The quantitative estimate of drug-likeness (QED) is 0.575. The Bertz CT molecular complexity index is 862. The largest absolute Gasteiger partial charge is 0.383 e. The van der Waals surface area contributed by atoms with Gasteiger partial charge in [0.25, 0.3) is 5.91 Å². The van der Waals surface area contributed by atoms with Gasteiger partial charge in [0.1, 0.15) is 23.2 Å². The predicted octanol–water partition coefficient (Wildman–Crippen LogP) is 2.01. The van der Waals surface area contributed by atoms with Gasteiger partial charge in [-0.1, -0.05) is 18.7 Å². The number of carbonyl (C=O) groups excluding carboxylic acids is 1. The molecule has 2 heterocycles. The highest BCUT2D eigenvalue weighted by Crippen LogP contribution is 2.30. The van der Waals surface area contributed by atoms with Crippen molar-refractivity contribution in [2.45, 2.75) is 12.8 Å². The van der Waals surface area contributed by atoms with E-state index in [0.717, 1.165) is 18.9 Å². The van der Waals surface area contributed by atoms with Gasteiger partial charge in [0.05, 0.1) is 5.56 Å². The van der Waals surface area contributed by atoms with E-state index in [1.807, 2.05) is 0 Å². The summed E-state index contributed by atoms with van der Waals surface area (Å²) in [5, 5.41) is 3.00. The van der Waals surface area contributed by atoms with Crippen molar-refractivity contribution in [2.24, 2.45) is 16.6 Å². The summed E-state index contributed by atoms with van der Waals surface area (Å²) in [5.41, 5.74) is 13.0. The van der Waals surface area contributed by atoms with Crippen LogP contribution in [0.1, 0.15) is 24.1 Å². The van der Waals surface area contributed by atoms with Crippen molar-refractivity contribution >= 4 is 23.1 Å². The number of aromatic nitrogens is 1. The first-order valence-electron chi connectivity index (χ1n) is 7.82. The van der Waals surface area contributed by atoms with Crippen molar-refractivity contribution in [1.82, 2.24) is 10.3 Å². The normalized spacial score (nSPS) is 18.7. The first kappa shape index (κ1) is 16.6. The molecule has 128 valence electrons. The molecule has 0 unspecified atom stereocenters. The summed E-state index contributed by atoms with van der Waals surface area (Å²) in [7, 11) is 0. The van der Waals surface area contributed by atoms with Crippen molar-refractivity contribution < 1.29 is 9.18 Å². The zero-order valence-electron chi connectivity index (χ0n) is 13.5. The maximum Gasteiger partial charge on any atom is 0.250 e. The topological polar surface area (TPSA) is 106 Å². The van der Waals surface area contributed by atoms with Crippen LogP contribution < -0.4 is 16.8 Å². The number of pyridine rings is 1. The first-order valence-corrected chi connectivity index (χ1v) is 7.82. The molecular weight excluding hydrogens is 321 g/mol. The van der Waals surface area contributed by atoms with Gasteiger partial charge in [-0.25, -0.2) is 9.37 Å². The molecular formula is C18H18FN5O. The molecule has 5 N–H and O–H groups in total. The summed E-state index contributed by atoms with van der Waals surface area (Å²) in [6.45, 7) is 3.71. The minimum atomic E-state index is -0.631. The van der Waals surface area contributed by atoms with E-state index in [2.05, 4.69) is 21.9 Å². The number of nitrogens with one attached hydrogen (secondary N) is 1. The average molecular weight is 339 g/mol. The number of nitrogens with zero attached hydrogens (tertiary/aromatic N) is 2. The third kappa shape index (κ3) is 3.50. The van der Waals surface area contributed by atoms with Gasteiger partial charge >= 0.3 is 0 Å². The van der Waals surface area contributed by atoms with Crippen molar-refractivity contribution in [3.05, 3.63) is 65.9 Å². The van der Waals surface area contributed by atoms with Gasteiger partial charge in [-0.05, 0) is 31.1 Å². The number of carbonyl (C=O) groups is 1. The minimum absolute atomic E-state index is 0.00321. The minimum Gasteiger partial charge on any atom is -0.383 e. The summed E-state index contributed by atoms with van der Waals surface area (Å²) in [4.78, 5) is 19.7. The van der Waals surface area contributed by atoms with Crippen LogP contribution in [0.5, 0.6) is 0 Å². The Labute approximate surface area is 144 Å². The number of anilines is 1. The Balaban J connectivity index is 2.00. The number of allylic oxidation sites excluding steroid dienone is 5. The third-order valence-corrected chi connectivity index (χ3v) is 3.90. The van der Waals surface area contributed by atoms with Gasteiger partial charge in [0, 0.05) is 23.4 Å².